The summed E-state index contributed by atoms with van der Waals surface area (Å²) in [6, 6.07) is 11.2. The van der Waals surface area contributed by atoms with E-state index in [1.54, 1.807) is 30.3 Å². The topological polar surface area (TPSA) is 75.7 Å². The van der Waals surface area contributed by atoms with Gasteiger partial charge in [-0.2, -0.15) is 4.31 Å². The third kappa shape index (κ3) is 4.60. The van der Waals surface area contributed by atoms with Crippen LogP contribution in [0.1, 0.15) is 12.8 Å². The van der Waals surface area contributed by atoms with Crippen molar-refractivity contribution in [3.63, 3.8) is 0 Å². The summed E-state index contributed by atoms with van der Waals surface area (Å²) in [5.74, 6) is -0.457. The molecule has 1 aliphatic heterocycles. The molecule has 1 aliphatic rings. The van der Waals surface area contributed by atoms with E-state index in [0.29, 0.717) is 35.1 Å². The lowest BCUT2D eigenvalue weighted by Gasteiger charge is -2.31. The lowest BCUT2D eigenvalue weighted by molar-refractivity contribution is -0.120. The number of sulfonamides is 1. The average Bonchev–Trinajstić information content (AvgIpc) is 2.69. The first-order chi connectivity index (χ1) is 13.3. The molecule has 0 bridgehead atoms. The molecule has 2 aromatic carbocycles. The van der Waals surface area contributed by atoms with Gasteiger partial charge in [0.25, 0.3) is 0 Å². The van der Waals surface area contributed by atoms with E-state index in [1.807, 2.05) is 0 Å². The highest BCUT2D eigenvalue weighted by molar-refractivity contribution is 7.89. The van der Waals surface area contributed by atoms with Crippen LogP contribution in [0, 0.1) is 5.92 Å². The van der Waals surface area contributed by atoms with Crippen molar-refractivity contribution in [2.75, 3.05) is 25.5 Å². The van der Waals surface area contributed by atoms with Crippen molar-refractivity contribution in [2.45, 2.75) is 17.7 Å². The predicted molar refractivity (Wildman–Crippen MR) is 110 cm³/mol. The maximum atomic E-state index is 13.1. The molecule has 28 heavy (non-hydrogen) atoms. The zero-order valence-corrected chi connectivity index (χ0v) is 17.5. The van der Waals surface area contributed by atoms with Crippen LogP contribution >= 0.6 is 23.2 Å². The third-order valence-electron chi connectivity index (χ3n) is 4.61. The number of nitrogens with one attached hydrogen (secondary N) is 1. The molecule has 1 N–H and O–H groups in total. The number of carbonyl (C=O) groups is 1. The quantitative estimate of drug-likeness (QED) is 0.757. The maximum absolute atomic E-state index is 13.1. The molecule has 0 radical (unpaired) electrons. The molecule has 0 saturated carbocycles. The fourth-order valence-corrected chi connectivity index (χ4v) is 5.21. The fourth-order valence-electron chi connectivity index (χ4n) is 3.14. The lowest BCUT2D eigenvalue weighted by atomic mass is 9.99. The second-order valence-corrected chi connectivity index (χ2v) is 9.27. The van der Waals surface area contributed by atoms with Gasteiger partial charge in [0.1, 0.15) is 10.6 Å². The van der Waals surface area contributed by atoms with Crippen LogP contribution in [0.4, 0.5) is 5.69 Å². The zero-order chi connectivity index (χ0) is 20.3. The van der Waals surface area contributed by atoms with Crippen LogP contribution in [0.25, 0.3) is 0 Å². The van der Waals surface area contributed by atoms with E-state index in [4.69, 9.17) is 27.9 Å². The van der Waals surface area contributed by atoms with Gasteiger partial charge in [0, 0.05) is 28.8 Å². The van der Waals surface area contributed by atoms with Crippen molar-refractivity contribution in [3.8, 4) is 5.75 Å². The molecule has 1 amide bonds. The number of rotatable bonds is 5. The molecule has 1 saturated heterocycles. The van der Waals surface area contributed by atoms with E-state index in [9.17, 15) is 13.2 Å². The van der Waals surface area contributed by atoms with Gasteiger partial charge in [0.15, 0.2) is 0 Å². The first kappa shape index (κ1) is 20.9. The zero-order valence-electron chi connectivity index (χ0n) is 15.2. The fraction of sp³-hybridized carbons (Fsp3) is 0.316. The number of anilines is 1. The van der Waals surface area contributed by atoms with Gasteiger partial charge in [-0.1, -0.05) is 23.2 Å². The molecule has 1 fully saturated rings. The number of carbonyl (C=O) groups excluding carboxylic acids is 1. The Bertz CT molecular complexity index is 964. The lowest BCUT2D eigenvalue weighted by Crippen LogP contribution is -2.43. The maximum Gasteiger partial charge on any atom is 0.246 e. The number of benzene rings is 2. The van der Waals surface area contributed by atoms with Gasteiger partial charge < -0.3 is 10.1 Å². The van der Waals surface area contributed by atoms with Gasteiger partial charge in [-0.15, -0.1) is 0 Å². The molecule has 1 atom stereocenters. The minimum Gasteiger partial charge on any atom is -0.495 e. The smallest absolute Gasteiger partial charge is 0.246 e. The molecule has 9 heteroatoms. The highest BCUT2D eigenvalue weighted by Crippen LogP contribution is 2.32. The Morgan fingerprint density at radius 1 is 1.14 bits per heavy atom. The van der Waals surface area contributed by atoms with Crippen molar-refractivity contribution in [3.05, 3.63) is 52.5 Å². The Labute approximate surface area is 174 Å². The molecule has 2 aromatic rings. The predicted octanol–water partition coefficient (Wildman–Crippen LogP) is 4.04. The second-order valence-electron chi connectivity index (χ2n) is 6.49. The molecular weight excluding hydrogens is 423 g/mol. The minimum absolute atomic E-state index is 0.00117. The highest BCUT2D eigenvalue weighted by Gasteiger charge is 2.35. The molecule has 6 nitrogen and oxygen atoms in total. The van der Waals surface area contributed by atoms with E-state index < -0.39 is 15.9 Å². The number of ether oxygens (including phenoxy) is 1. The molecule has 1 heterocycles. The average molecular weight is 443 g/mol. The molecule has 0 spiro atoms. The summed E-state index contributed by atoms with van der Waals surface area (Å²) < 4.78 is 32.8. The van der Waals surface area contributed by atoms with Gasteiger partial charge >= 0.3 is 0 Å². The first-order valence-electron chi connectivity index (χ1n) is 8.71. The summed E-state index contributed by atoms with van der Waals surface area (Å²) in [6.07, 6.45) is 1.19. The van der Waals surface area contributed by atoms with Crippen LogP contribution in [0.5, 0.6) is 5.75 Å². The molecule has 150 valence electrons. The van der Waals surface area contributed by atoms with Crippen LogP contribution in [0.2, 0.25) is 10.0 Å². The largest absolute Gasteiger partial charge is 0.495 e. The van der Waals surface area contributed by atoms with E-state index in [0.717, 1.165) is 0 Å². The van der Waals surface area contributed by atoms with Crippen molar-refractivity contribution in [1.82, 2.24) is 4.31 Å². The van der Waals surface area contributed by atoms with Gasteiger partial charge in [0.2, 0.25) is 15.9 Å². The Balaban J connectivity index is 1.78. The Morgan fingerprint density at radius 2 is 1.82 bits per heavy atom. The summed E-state index contributed by atoms with van der Waals surface area (Å²) >= 11 is 11.8. The number of amides is 1. The summed E-state index contributed by atoms with van der Waals surface area (Å²) in [6.45, 7) is 0.431. The summed E-state index contributed by atoms with van der Waals surface area (Å²) in [5, 5.41) is 3.69. The molecule has 3 rings (SSSR count). The van der Waals surface area contributed by atoms with E-state index in [2.05, 4.69) is 5.32 Å². The van der Waals surface area contributed by atoms with Crippen LogP contribution in [0.15, 0.2) is 47.4 Å². The molecule has 0 aromatic heterocycles. The van der Waals surface area contributed by atoms with Gasteiger partial charge in [0.05, 0.1) is 13.0 Å². The summed E-state index contributed by atoms with van der Waals surface area (Å²) in [7, 11) is -2.44. The number of hydrogen-bond acceptors (Lipinski definition) is 4. The Kier molecular flexibility index (Phi) is 6.50. The molecule has 0 aliphatic carbocycles. The summed E-state index contributed by atoms with van der Waals surface area (Å²) in [4.78, 5) is 12.6. The number of hydrogen-bond donors (Lipinski definition) is 1. The monoisotopic (exact) mass is 442 g/mol. The normalized spacial score (nSPS) is 17.9. The van der Waals surface area contributed by atoms with Crippen LogP contribution in [-0.4, -0.2) is 38.8 Å². The standard InChI is InChI=1S/C19H20Cl2N2O4S/c1-27-17-9-6-15(21)11-18(17)28(25,26)23-10-2-3-13(12-23)19(24)22-16-7-4-14(20)5-8-16/h4-9,11,13H,2-3,10,12H2,1H3,(H,22,24)/t13-/m0/s1. The van der Waals surface area contributed by atoms with Crippen LogP contribution in [0.3, 0.4) is 0 Å². The number of nitrogens with zero attached hydrogens (tertiary/aromatic N) is 1. The van der Waals surface area contributed by atoms with Crippen LogP contribution < -0.4 is 10.1 Å². The second kappa shape index (κ2) is 8.69. The molecular formula is C19H20Cl2N2O4S. The van der Waals surface area contributed by atoms with Crippen molar-refractivity contribution in [1.29, 1.82) is 0 Å². The third-order valence-corrected chi connectivity index (χ3v) is 6.98. The number of methoxy groups -OCH3 is 1. The first-order valence-corrected chi connectivity index (χ1v) is 10.9. The summed E-state index contributed by atoms with van der Waals surface area (Å²) in [5.41, 5.74) is 0.617. The Hall–Kier alpha value is -1.80. The molecule has 0 unspecified atom stereocenters. The van der Waals surface area contributed by atoms with E-state index in [1.165, 1.54) is 23.5 Å². The highest BCUT2D eigenvalue weighted by atomic mass is 35.5. The Morgan fingerprint density at radius 3 is 2.50 bits per heavy atom. The van der Waals surface area contributed by atoms with Gasteiger partial charge in [-0.3, -0.25) is 4.79 Å². The van der Waals surface area contributed by atoms with E-state index >= 15 is 0 Å². The number of halogens is 2. The van der Waals surface area contributed by atoms with Gasteiger partial charge in [-0.05, 0) is 55.3 Å². The van der Waals surface area contributed by atoms with Gasteiger partial charge in [-0.25, -0.2) is 8.42 Å². The minimum atomic E-state index is -3.85. The SMILES string of the molecule is COc1ccc(Cl)cc1S(=O)(=O)N1CCC[C@H](C(=O)Nc2ccc(Cl)cc2)C1. The van der Waals surface area contributed by atoms with Crippen molar-refractivity contribution >= 4 is 44.8 Å². The number of piperidine rings is 1. The van der Waals surface area contributed by atoms with Crippen LogP contribution in [-0.2, 0) is 14.8 Å². The van der Waals surface area contributed by atoms with E-state index in [-0.39, 0.29) is 23.1 Å². The van der Waals surface area contributed by atoms with Crippen molar-refractivity contribution in [2.24, 2.45) is 5.92 Å². The van der Waals surface area contributed by atoms with Crippen molar-refractivity contribution < 1.29 is 17.9 Å².